The summed E-state index contributed by atoms with van der Waals surface area (Å²) in [5.74, 6) is -3.13. The Morgan fingerprint density at radius 1 is 0.651 bits per heavy atom. The fourth-order valence-electron chi connectivity index (χ4n) is 16.4. The third kappa shape index (κ3) is 10.3. The Morgan fingerprint density at radius 2 is 1.33 bits per heavy atom. The summed E-state index contributed by atoms with van der Waals surface area (Å²) in [6.45, 7) is 7.83. The van der Waals surface area contributed by atoms with Crippen LogP contribution in [0.3, 0.4) is 0 Å². The normalized spacial score (nSPS) is 57.2. The van der Waals surface area contributed by atoms with E-state index >= 15 is 0 Å². The number of fused-ring (bicyclic) bond motifs is 7. The molecule has 474 valence electrons. The average molecular weight is 1200 g/mol. The first-order chi connectivity index (χ1) is 39.3. The van der Waals surface area contributed by atoms with E-state index in [4.69, 9.17) is 56.8 Å². The van der Waals surface area contributed by atoms with Gasteiger partial charge in [0.25, 0.3) is 0 Å². The number of hydrogen-bond acceptors (Lipinski definition) is 28. The van der Waals surface area contributed by atoms with Crippen LogP contribution < -0.4 is 0 Å². The van der Waals surface area contributed by atoms with Crippen molar-refractivity contribution in [1.29, 1.82) is 0 Å². The molecule has 0 aromatic heterocycles. The van der Waals surface area contributed by atoms with Gasteiger partial charge in [-0.2, -0.15) is 0 Å². The van der Waals surface area contributed by atoms with Gasteiger partial charge in [0.05, 0.1) is 70.2 Å². The van der Waals surface area contributed by atoms with E-state index in [1.807, 2.05) is 0 Å². The zero-order valence-electron chi connectivity index (χ0n) is 46.7. The van der Waals surface area contributed by atoms with Gasteiger partial charge in [0.1, 0.15) is 103 Å². The molecule has 0 aromatic carbocycles. The van der Waals surface area contributed by atoms with Crippen LogP contribution in [0.5, 0.6) is 0 Å². The van der Waals surface area contributed by atoms with Crippen LogP contribution in [-0.2, 0) is 56.8 Å². The van der Waals surface area contributed by atoms with Crippen LogP contribution in [0, 0.1) is 40.4 Å². The lowest BCUT2D eigenvalue weighted by Gasteiger charge is -2.61. The monoisotopic (exact) mass is 1190 g/mol. The van der Waals surface area contributed by atoms with Crippen LogP contribution in [0.15, 0.2) is 23.8 Å². The van der Waals surface area contributed by atoms with Gasteiger partial charge in [-0.05, 0) is 74.7 Å². The summed E-state index contributed by atoms with van der Waals surface area (Å²) in [4.78, 5) is 0. The predicted octanol–water partition coefficient (Wildman–Crippen LogP) is -6.03. The highest BCUT2D eigenvalue weighted by Gasteiger charge is 2.73. The summed E-state index contributed by atoms with van der Waals surface area (Å²) < 4.78 is 74.4. The first kappa shape index (κ1) is 62.9. The van der Waals surface area contributed by atoms with Crippen molar-refractivity contribution in [3.05, 3.63) is 23.8 Å². The summed E-state index contributed by atoms with van der Waals surface area (Å²) in [5, 5.41) is 177. The highest BCUT2D eigenvalue weighted by atomic mass is 16.8. The zero-order chi connectivity index (χ0) is 59.7. The van der Waals surface area contributed by atoms with E-state index in [1.54, 1.807) is 0 Å². The highest BCUT2D eigenvalue weighted by molar-refractivity contribution is 5.29. The van der Waals surface area contributed by atoms with Crippen molar-refractivity contribution in [3.8, 4) is 0 Å². The minimum Gasteiger partial charge on any atom is -0.396 e. The largest absolute Gasteiger partial charge is 0.396 e. The third-order valence-electron chi connectivity index (χ3n) is 21.2. The van der Waals surface area contributed by atoms with Crippen LogP contribution >= 0.6 is 0 Å². The van der Waals surface area contributed by atoms with E-state index < -0.39 is 221 Å². The molecule has 7 heterocycles. The van der Waals surface area contributed by atoms with Gasteiger partial charge in [-0.3, -0.25) is 0 Å². The molecule has 1 spiro atoms. The van der Waals surface area contributed by atoms with Crippen molar-refractivity contribution in [2.45, 2.75) is 237 Å². The average Bonchev–Trinajstić information content (AvgIpc) is 1.62. The second kappa shape index (κ2) is 23.6. The Bertz CT molecular complexity index is 2320. The van der Waals surface area contributed by atoms with Gasteiger partial charge in [-0.25, -0.2) is 0 Å². The van der Waals surface area contributed by atoms with Crippen molar-refractivity contribution in [2.75, 3.05) is 39.6 Å². The van der Waals surface area contributed by atoms with Crippen LogP contribution in [0.1, 0.15) is 66.2 Å². The molecule has 0 aromatic rings. The number of ether oxygens (including phenoxy) is 12. The summed E-state index contributed by atoms with van der Waals surface area (Å²) >= 11 is 0. The maximum Gasteiger partial charge on any atom is 0.203 e. The standard InChI is InChI=1S/C55H86O28/c1-19-15-74-55(45(69)41(19)79-48-39(67)37(65)33(61)20(2)75-48)27(13-56)32-29(83-55)12-26-24-7-6-22-10-23(59)11-31(53(22,5)25(24)8-9-52(26,32)4)78-50-44(43(36(64)30(14-57)77-50)81-47-38(66)35(63)28(60)16-72-47)82-49-40(68)42(34(62)21(3)76-49)80-51-46(70)54(71,17-58)18-73-51/h6,20-21,23-51,56-71H,1,7-18H2,2-5H3/t20-,21-,23+,24+,25-,26-,27-,28+,29-,30+,31+,32-,33-,34-,35-,36+,37+,38+,39+,40+,41-,42+,43-,44+,45-,46-,47-,48-,49-,50-,51-,52-,53-,54+,55-/m0/s1. The van der Waals surface area contributed by atoms with E-state index in [2.05, 4.69) is 26.5 Å². The molecule has 0 radical (unpaired) electrons. The lowest BCUT2D eigenvalue weighted by atomic mass is 9.46. The quantitative estimate of drug-likeness (QED) is 0.0763. The first-order valence-electron chi connectivity index (χ1n) is 29.1. The van der Waals surface area contributed by atoms with Crippen molar-refractivity contribution < 1.29 is 139 Å². The number of rotatable bonds is 13. The minimum atomic E-state index is -2.13. The minimum absolute atomic E-state index is 0.0390. The molecule has 7 aliphatic heterocycles. The Hall–Kier alpha value is -1.64. The van der Waals surface area contributed by atoms with Crippen LogP contribution in [0.4, 0.5) is 0 Å². The van der Waals surface area contributed by atoms with Crippen LogP contribution in [0.2, 0.25) is 0 Å². The molecule has 28 heteroatoms. The van der Waals surface area contributed by atoms with E-state index in [1.165, 1.54) is 13.8 Å². The van der Waals surface area contributed by atoms with E-state index in [-0.39, 0.29) is 36.7 Å². The Labute approximate surface area is 478 Å². The third-order valence-corrected chi connectivity index (χ3v) is 21.2. The van der Waals surface area contributed by atoms with Crippen molar-refractivity contribution in [2.24, 2.45) is 40.4 Å². The molecule has 83 heavy (non-hydrogen) atoms. The highest BCUT2D eigenvalue weighted by Crippen LogP contribution is 2.71. The van der Waals surface area contributed by atoms with Gasteiger partial charge in [0, 0.05) is 23.7 Å². The Kier molecular flexibility index (Phi) is 17.9. The lowest BCUT2D eigenvalue weighted by Crippen LogP contribution is -2.67. The second-order valence-electron chi connectivity index (χ2n) is 25.8. The topological polar surface area (TPSA) is 434 Å². The summed E-state index contributed by atoms with van der Waals surface area (Å²) in [5.41, 5.74) is -2.30. The van der Waals surface area contributed by atoms with E-state index in [9.17, 15) is 81.7 Å². The maximum atomic E-state index is 12.3. The Morgan fingerprint density at radius 3 is 2.01 bits per heavy atom. The second-order valence-corrected chi connectivity index (χ2v) is 25.8. The van der Waals surface area contributed by atoms with Crippen molar-refractivity contribution >= 4 is 0 Å². The molecular weight excluding hydrogens is 1110 g/mol. The van der Waals surface area contributed by atoms with Gasteiger partial charge in [-0.1, -0.05) is 32.1 Å². The van der Waals surface area contributed by atoms with Gasteiger partial charge < -0.3 is 139 Å². The van der Waals surface area contributed by atoms with E-state index in [0.29, 0.717) is 37.7 Å². The predicted molar refractivity (Wildman–Crippen MR) is 272 cm³/mol. The maximum absolute atomic E-state index is 12.3. The van der Waals surface area contributed by atoms with Crippen LogP contribution in [0.25, 0.3) is 0 Å². The first-order valence-corrected chi connectivity index (χ1v) is 29.1. The molecule has 4 aliphatic carbocycles. The number of hydrogen-bond donors (Lipinski definition) is 16. The molecule has 16 N–H and O–H groups in total. The number of allylic oxidation sites excluding steroid dienone is 1. The van der Waals surface area contributed by atoms with Crippen molar-refractivity contribution in [1.82, 2.24) is 0 Å². The zero-order valence-corrected chi connectivity index (χ0v) is 46.7. The molecule has 0 amide bonds. The molecular formula is C55H86O28. The fourth-order valence-corrected chi connectivity index (χ4v) is 16.4. The summed E-state index contributed by atoms with van der Waals surface area (Å²) in [7, 11) is 0. The molecule has 0 bridgehead atoms. The molecule has 35 atom stereocenters. The molecule has 10 fully saturated rings. The van der Waals surface area contributed by atoms with Gasteiger partial charge in [0.15, 0.2) is 31.5 Å². The molecule has 0 unspecified atom stereocenters. The molecule has 28 nitrogen and oxygen atoms in total. The number of aliphatic hydroxyl groups excluding tert-OH is 15. The van der Waals surface area contributed by atoms with Gasteiger partial charge >= 0.3 is 0 Å². The molecule has 7 saturated heterocycles. The SMILES string of the molecule is C=C1CO[C@@]2(O[C@H]3C[C@H]4[C@@H]5CC=C6C[C@@H](O)C[C@@H](O[C@@H]7O[C@H](CO)[C@@H](O)[C@H](O[C@@H]8OC[C@@H](O)[C@H](O)[C@H]8O)[C@H]7O[C@@H]7O[C@@H](C)[C@H](O)[C@@H](O[C@@H]8OC[C@](O)(CO)[C@H]8O)[C@H]7O)[C@]6(C)[C@H]5CC[C@]4(C)[C@H]3[C@@H]2CO)[C@@H](O)[C@H]1O[C@@H]1O[C@@H](C)[C@H](O)[C@@H](O)[C@H]1O. The summed E-state index contributed by atoms with van der Waals surface area (Å²) in [6, 6.07) is 0. The molecule has 11 rings (SSSR count). The Balaban J connectivity index is 0.870. The lowest BCUT2D eigenvalue weighted by molar-refractivity contribution is -0.397. The molecule has 11 aliphatic rings. The van der Waals surface area contributed by atoms with Gasteiger partial charge in [0.2, 0.25) is 5.79 Å². The van der Waals surface area contributed by atoms with Crippen molar-refractivity contribution in [3.63, 3.8) is 0 Å². The number of aliphatic hydroxyl groups is 16. The fraction of sp³-hybridized carbons (Fsp3) is 0.927. The smallest absolute Gasteiger partial charge is 0.203 e. The van der Waals surface area contributed by atoms with Gasteiger partial charge in [-0.15, -0.1) is 0 Å². The van der Waals surface area contributed by atoms with E-state index in [0.717, 1.165) is 5.57 Å². The summed E-state index contributed by atoms with van der Waals surface area (Å²) in [6.07, 6.45) is -34.6. The van der Waals surface area contributed by atoms with Crippen LogP contribution in [-0.4, -0.2) is 292 Å². The molecule has 3 saturated carbocycles.